The van der Waals surface area contributed by atoms with Crippen molar-refractivity contribution in [2.75, 3.05) is 0 Å². The van der Waals surface area contributed by atoms with Crippen molar-refractivity contribution in [3.8, 4) is 0 Å². The molecule has 1 aliphatic rings. The van der Waals surface area contributed by atoms with Gasteiger partial charge in [-0.1, -0.05) is 27.7 Å². The van der Waals surface area contributed by atoms with Crippen LogP contribution in [0.15, 0.2) is 0 Å². The highest BCUT2D eigenvalue weighted by molar-refractivity contribution is 5.26. The summed E-state index contributed by atoms with van der Waals surface area (Å²) < 4.78 is 0. The summed E-state index contributed by atoms with van der Waals surface area (Å²) in [4.78, 5) is 9.74. The number of nitrogens with zero attached hydrogens (tertiary/aromatic N) is 2. The Bertz CT molecular complexity index is 344. The normalized spacial score (nSPS) is 15.6. The zero-order chi connectivity index (χ0) is 11.7. The van der Waals surface area contributed by atoms with E-state index >= 15 is 0 Å². The molecule has 88 valence electrons. The summed E-state index contributed by atoms with van der Waals surface area (Å²) in [5, 5.41) is 0. The van der Waals surface area contributed by atoms with Crippen LogP contribution >= 0.6 is 0 Å². The van der Waals surface area contributed by atoms with Crippen LogP contribution in [0.2, 0.25) is 0 Å². The molecule has 0 radical (unpaired) electrons. The highest BCUT2D eigenvalue weighted by Gasteiger charge is 2.19. The molecule has 0 bridgehead atoms. The van der Waals surface area contributed by atoms with E-state index in [1.807, 2.05) is 0 Å². The molecule has 0 aliphatic heterocycles. The van der Waals surface area contributed by atoms with E-state index in [0.717, 1.165) is 12.8 Å². The van der Waals surface area contributed by atoms with Gasteiger partial charge in [-0.05, 0) is 37.5 Å². The van der Waals surface area contributed by atoms with Crippen LogP contribution in [0.25, 0.3) is 0 Å². The van der Waals surface area contributed by atoms with Gasteiger partial charge >= 0.3 is 0 Å². The number of aryl methyl sites for hydroxylation is 2. The molecule has 0 amide bonds. The van der Waals surface area contributed by atoms with E-state index in [9.17, 15) is 0 Å². The Labute approximate surface area is 98.5 Å². The first-order chi connectivity index (χ1) is 7.59. The van der Waals surface area contributed by atoms with E-state index < -0.39 is 0 Å². The van der Waals surface area contributed by atoms with Crippen LogP contribution in [0.3, 0.4) is 0 Å². The second kappa shape index (κ2) is 4.52. The molecule has 0 fully saturated rings. The number of hydrogen-bond donors (Lipinski definition) is 0. The van der Waals surface area contributed by atoms with Gasteiger partial charge in [0.15, 0.2) is 0 Å². The third-order valence-electron chi connectivity index (χ3n) is 3.28. The molecular weight excluding hydrogens is 196 g/mol. The minimum Gasteiger partial charge on any atom is -0.254 e. The number of fused-ring (bicyclic) bond motifs is 1. The smallest absolute Gasteiger partial charge is 0.0650 e. The van der Waals surface area contributed by atoms with E-state index in [4.69, 9.17) is 9.97 Å². The lowest BCUT2D eigenvalue weighted by Crippen LogP contribution is -2.15. The first-order valence-electron chi connectivity index (χ1n) is 6.49. The number of hydrogen-bond acceptors (Lipinski definition) is 2. The molecule has 0 N–H and O–H groups in total. The Hall–Kier alpha value is -0.920. The molecule has 0 spiro atoms. The van der Waals surface area contributed by atoms with E-state index in [1.54, 1.807) is 0 Å². The van der Waals surface area contributed by atoms with Crippen LogP contribution in [-0.2, 0) is 12.8 Å². The Morgan fingerprint density at radius 3 is 1.44 bits per heavy atom. The van der Waals surface area contributed by atoms with Crippen molar-refractivity contribution >= 4 is 0 Å². The third kappa shape index (κ3) is 2.11. The van der Waals surface area contributed by atoms with Gasteiger partial charge in [-0.25, -0.2) is 0 Å². The highest BCUT2D eigenvalue weighted by Crippen LogP contribution is 2.27. The van der Waals surface area contributed by atoms with Crippen LogP contribution in [0.5, 0.6) is 0 Å². The van der Waals surface area contributed by atoms with E-state index in [1.165, 1.54) is 35.6 Å². The summed E-state index contributed by atoms with van der Waals surface area (Å²) in [6.07, 6.45) is 4.81. The highest BCUT2D eigenvalue weighted by atomic mass is 14.9. The van der Waals surface area contributed by atoms with Gasteiger partial charge in [-0.15, -0.1) is 0 Å². The molecule has 16 heavy (non-hydrogen) atoms. The molecule has 2 nitrogen and oxygen atoms in total. The number of aromatic nitrogens is 2. The summed E-state index contributed by atoms with van der Waals surface area (Å²) in [5.74, 6) is 0.967. The standard InChI is InChI=1S/C14H22N2/c1-9(2)13-14(10(3)4)16-12-8-6-5-7-11(12)15-13/h9-10H,5-8H2,1-4H3. The monoisotopic (exact) mass is 218 g/mol. The third-order valence-corrected chi connectivity index (χ3v) is 3.28. The fraction of sp³-hybridized carbons (Fsp3) is 0.714. The SMILES string of the molecule is CC(C)c1nc2c(nc1C(C)C)CCCC2. The van der Waals surface area contributed by atoms with Gasteiger partial charge in [-0.2, -0.15) is 0 Å². The van der Waals surface area contributed by atoms with Crippen LogP contribution in [0, 0.1) is 0 Å². The summed E-state index contributed by atoms with van der Waals surface area (Å²) in [7, 11) is 0. The molecule has 1 aromatic heterocycles. The summed E-state index contributed by atoms with van der Waals surface area (Å²) in [6, 6.07) is 0. The first-order valence-corrected chi connectivity index (χ1v) is 6.49. The van der Waals surface area contributed by atoms with Gasteiger partial charge < -0.3 is 0 Å². The minimum absolute atomic E-state index is 0.483. The zero-order valence-electron chi connectivity index (χ0n) is 10.9. The summed E-state index contributed by atoms with van der Waals surface area (Å²) >= 11 is 0. The molecule has 0 atom stereocenters. The van der Waals surface area contributed by atoms with Crippen LogP contribution < -0.4 is 0 Å². The van der Waals surface area contributed by atoms with Gasteiger partial charge in [-0.3, -0.25) is 9.97 Å². The van der Waals surface area contributed by atoms with Crippen molar-refractivity contribution in [3.63, 3.8) is 0 Å². The van der Waals surface area contributed by atoms with Crippen molar-refractivity contribution in [2.24, 2.45) is 0 Å². The van der Waals surface area contributed by atoms with E-state index in [0.29, 0.717) is 11.8 Å². The predicted molar refractivity (Wildman–Crippen MR) is 66.9 cm³/mol. The van der Waals surface area contributed by atoms with Crippen LogP contribution in [-0.4, -0.2) is 9.97 Å². The van der Waals surface area contributed by atoms with Crippen molar-refractivity contribution in [1.29, 1.82) is 0 Å². The van der Waals surface area contributed by atoms with Crippen molar-refractivity contribution < 1.29 is 0 Å². The molecule has 0 aromatic carbocycles. The molecule has 0 unspecified atom stereocenters. The fourth-order valence-electron chi connectivity index (χ4n) is 2.37. The predicted octanol–water partition coefficient (Wildman–Crippen LogP) is 3.60. The second-order valence-corrected chi connectivity index (χ2v) is 5.40. The summed E-state index contributed by atoms with van der Waals surface area (Å²) in [6.45, 7) is 8.85. The minimum atomic E-state index is 0.483. The molecule has 0 saturated carbocycles. The molecule has 1 aliphatic carbocycles. The maximum absolute atomic E-state index is 4.87. The molecule has 1 heterocycles. The lowest BCUT2D eigenvalue weighted by atomic mass is 9.96. The van der Waals surface area contributed by atoms with Gasteiger partial charge in [0.05, 0.1) is 22.8 Å². The Morgan fingerprint density at radius 2 is 1.12 bits per heavy atom. The molecule has 0 saturated heterocycles. The summed E-state index contributed by atoms with van der Waals surface area (Å²) in [5.41, 5.74) is 4.96. The fourth-order valence-corrected chi connectivity index (χ4v) is 2.37. The van der Waals surface area contributed by atoms with Gasteiger partial charge in [0.25, 0.3) is 0 Å². The van der Waals surface area contributed by atoms with E-state index in [2.05, 4.69) is 27.7 Å². The van der Waals surface area contributed by atoms with E-state index in [-0.39, 0.29) is 0 Å². The van der Waals surface area contributed by atoms with Crippen molar-refractivity contribution in [2.45, 2.75) is 65.2 Å². The van der Waals surface area contributed by atoms with Gasteiger partial charge in [0.1, 0.15) is 0 Å². The largest absolute Gasteiger partial charge is 0.254 e. The van der Waals surface area contributed by atoms with Crippen molar-refractivity contribution in [3.05, 3.63) is 22.8 Å². The van der Waals surface area contributed by atoms with Gasteiger partial charge in [0.2, 0.25) is 0 Å². The van der Waals surface area contributed by atoms with Gasteiger partial charge in [0, 0.05) is 0 Å². The first kappa shape index (κ1) is 11.6. The lowest BCUT2D eigenvalue weighted by molar-refractivity contribution is 0.616. The molecule has 2 rings (SSSR count). The molecular formula is C14H22N2. The lowest BCUT2D eigenvalue weighted by Gasteiger charge is -2.20. The topological polar surface area (TPSA) is 25.8 Å². The Morgan fingerprint density at radius 1 is 0.750 bits per heavy atom. The Kier molecular flexibility index (Phi) is 3.27. The maximum Gasteiger partial charge on any atom is 0.0650 e. The number of rotatable bonds is 2. The van der Waals surface area contributed by atoms with Crippen LogP contribution in [0.4, 0.5) is 0 Å². The molecule has 2 heteroatoms. The zero-order valence-corrected chi connectivity index (χ0v) is 10.9. The van der Waals surface area contributed by atoms with Crippen molar-refractivity contribution in [1.82, 2.24) is 9.97 Å². The average Bonchev–Trinajstić information content (AvgIpc) is 2.27. The van der Waals surface area contributed by atoms with Crippen LogP contribution in [0.1, 0.15) is 75.1 Å². The maximum atomic E-state index is 4.87. The Balaban J connectivity index is 2.50. The average molecular weight is 218 g/mol. The molecule has 1 aromatic rings. The quantitative estimate of drug-likeness (QED) is 0.758. The second-order valence-electron chi connectivity index (χ2n) is 5.40.